The first-order chi connectivity index (χ1) is 9.76. The van der Waals surface area contributed by atoms with Gasteiger partial charge in [-0.1, -0.05) is 17.7 Å². The summed E-state index contributed by atoms with van der Waals surface area (Å²) in [5.41, 5.74) is 0.966. The Bertz CT molecular complexity index is 569. The van der Waals surface area contributed by atoms with E-state index in [1.807, 2.05) is 6.92 Å². The quantitative estimate of drug-likeness (QED) is 0.780. The Morgan fingerprint density at radius 2 is 1.81 bits per heavy atom. The summed E-state index contributed by atoms with van der Waals surface area (Å²) in [4.78, 5) is 12.0. The third-order valence-corrected chi connectivity index (χ3v) is 4.42. The maximum absolute atomic E-state index is 12.2. The summed E-state index contributed by atoms with van der Waals surface area (Å²) in [6, 6.07) is 5.38. The van der Waals surface area contributed by atoms with Gasteiger partial charge in [-0.05, 0) is 32.9 Å². The van der Waals surface area contributed by atoms with Gasteiger partial charge in [-0.2, -0.15) is 4.72 Å². The van der Waals surface area contributed by atoms with E-state index in [-0.39, 0.29) is 10.9 Å². The molecule has 0 radical (unpaired) electrons. The highest BCUT2D eigenvalue weighted by Crippen LogP contribution is 2.10. The normalized spacial score (nSPS) is 14.5. The number of hydrogen-bond donors (Lipinski definition) is 2. The lowest BCUT2D eigenvalue weighted by Crippen LogP contribution is -2.48. The number of carbonyl (C=O) groups excluding carboxylic acids is 1. The van der Waals surface area contributed by atoms with Gasteiger partial charge in [0.2, 0.25) is 15.9 Å². The van der Waals surface area contributed by atoms with Crippen LogP contribution in [-0.4, -0.2) is 40.1 Å². The first-order valence-electron chi connectivity index (χ1n) is 6.64. The summed E-state index contributed by atoms with van der Waals surface area (Å²) in [6.07, 6.45) is 0. The van der Waals surface area contributed by atoms with E-state index in [2.05, 4.69) is 10.0 Å². The fraction of sp³-hybridized carbons (Fsp3) is 0.500. The first kappa shape index (κ1) is 17.6. The van der Waals surface area contributed by atoms with Crippen molar-refractivity contribution in [3.63, 3.8) is 0 Å². The highest BCUT2D eigenvalue weighted by atomic mass is 32.2. The number of amides is 1. The molecular weight excluding hydrogens is 292 g/mol. The number of nitrogens with one attached hydrogen (secondary N) is 2. The second-order valence-corrected chi connectivity index (χ2v) is 6.73. The zero-order valence-corrected chi connectivity index (χ0v) is 13.5. The lowest BCUT2D eigenvalue weighted by Gasteiger charge is -2.18. The van der Waals surface area contributed by atoms with Gasteiger partial charge in [0.25, 0.3) is 0 Å². The second kappa shape index (κ2) is 7.53. The van der Waals surface area contributed by atoms with Crippen LogP contribution in [0.1, 0.15) is 19.4 Å². The van der Waals surface area contributed by atoms with Gasteiger partial charge in [0.05, 0.1) is 17.5 Å². The number of carbonyl (C=O) groups is 1. The summed E-state index contributed by atoms with van der Waals surface area (Å²) >= 11 is 0. The molecular formula is C14H22N2O4S. The van der Waals surface area contributed by atoms with Crippen molar-refractivity contribution in [2.24, 2.45) is 0 Å². The molecule has 0 aliphatic rings. The number of rotatable bonds is 7. The Labute approximate surface area is 125 Å². The minimum Gasteiger partial charge on any atom is -0.383 e. The van der Waals surface area contributed by atoms with Crippen LogP contribution in [0, 0.1) is 6.92 Å². The molecule has 1 aromatic carbocycles. The molecule has 118 valence electrons. The molecule has 7 heteroatoms. The molecule has 21 heavy (non-hydrogen) atoms. The fourth-order valence-electron chi connectivity index (χ4n) is 1.73. The van der Waals surface area contributed by atoms with E-state index < -0.39 is 22.0 Å². The van der Waals surface area contributed by atoms with E-state index in [9.17, 15) is 13.2 Å². The molecule has 0 unspecified atom stereocenters. The van der Waals surface area contributed by atoms with Crippen molar-refractivity contribution in [3.8, 4) is 0 Å². The third-order valence-electron chi connectivity index (χ3n) is 2.86. The van der Waals surface area contributed by atoms with E-state index in [1.54, 1.807) is 19.1 Å². The molecule has 0 aliphatic heterocycles. The van der Waals surface area contributed by atoms with E-state index in [0.717, 1.165) is 5.56 Å². The Kier molecular flexibility index (Phi) is 6.32. The van der Waals surface area contributed by atoms with Gasteiger partial charge in [-0.25, -0.2) is 8.42 Å². The van der Waals surface area contributed by atoms with Crippen molar-refractivity contribution in [3.05, 3.63) is 29.8 Å². The van der Waals surface area contributed by atoms with Gasteiger partial charge >= 0.3 is 0 Å². The molecule has 0 saturated carbocycles. The topological polar surface area (TPSA) is 84.5 Å². The van der Waals surface area contributed by atoms with Crippen LogP contribution >= 0.6 is 0 Å². The van der Waals surface area contributed by atoms with Gasteiger partial charge < -0.3 is 10.1 Å². The van der Waals surface area contributed by atoms with E-state index >= 15 is 0 Å². The molecule has 0 saturated heterocycles. The minimum absolute atomic E-state index is 0.137. The number of methoxy groups -OCH3 is 1. The summed E-state index contributed by atoms with van der Waals surface area (Å²) in [5, 5.41) is 2.67. The third kappa shape index (κ3) is 5.45. The molecule has 0 bridgehead atoms. The smallest absolute Gasteiger partial charge is 0.241 e. The first-order valence-corrected chi connectivity index (χ1v) is 8.13. The summed E-state index contributed by atoms with van der Waals surface area (Å²) < 4.78 is 31.6. The number of sulfonamides is 1. The van der Waals surface area contributed by atoms with E-state index in [1.165, 1.54) is 26.2 Å². The zero-order valence-electron chi connectivity index (χ0n) is 12.7. The largest absolute Gasteiger partial charge is 0.383 e. The zero-order chi connectivity index (χ0) is 16.0. The average molecular weight is 314 g/mol. The monoisotopic (exact) mass is 314 g/mol. The second-order valence-electron chi connectivity index (χ2n) is 5.02. The standard InChI is InChI=1S/C14H22N2O4S/c1-10-5-7-13(8-6-10)21(18,19)16-12(3)14(17)15-11(2)9-20-4/h5-8,11-12,16H,9H2,1-4H3,(H,15,17)/t11-,12+/m1/s1. The fourth-order valence-corrected chi connectivity index (χ4v) is 2.93. The molecule has 0 aromatic heterocycles. The van der Waals surface area contributed by atoms with Crippen molar-refractivity contribution < 1.29 is 17.9 Å². The van der Waals surface area contributed by atoms with Crippen molar-refractivity contribution in [1.82, 2.24) is 10.0 Å². The van der Waals surface area contributed by atoms with Gasteiger partial charge in [0, 0.05) is 13.2 Å². The predicted molar refractivity (Wildman–Crippen MR) is 80.4 cm³/mol. The molecule has 1 amide bonds. The molecule has 1 rings (SSSR count). The van der Waals surface area contributed by atoms with Crippen molar-refractivity contribution >= 4 is 15.9 Å². The molecule has 0 spiro atoms. The van der Waals surface area contributed by atoms with Crippen molar-refractivity contribution in [2.75, 3.05) is 13.7 Å². The van der Waals surface area contributed by atoms with Crippen LogP contribution < -0.4 is 10.0 Å². The Balaban J connectivity index is 2.70. The SMILES string of the molecule is COC[C@@H](C)NC(=O)[C@H](C)NS(=O)(=O)c1ccc(C)cc1. The van der Waals surface area contributed by atoms with Crippen LogP contribution in [-0.2, 0) is 19.6 Å². The van der Waals surface area contributed by atoms with E-state index in [0.29, 0.717) is 6.61 Å². The van der Waals surface area contributed by atoms with Gasteiger partial charge in [-0.15, -0.1) is 0 Å². The van der Waals surface area contributed by atoms with Gasteiger partial charge in [-0.3, -0.25) is 4.79 Å². The molecule has 1 aromatic rings. The number of hydrogen-bond acceptors (Lipinski definition) is 4. The highest BCUT2D eigenvalue weighted by Gasteiger charge is 2.22. The lowest BCUT2D eigenvalue weighted by atomic mass is 10.2. The molecule has 6 nitrogen and oxygen atoms in total. The summed E-state index contributed by atoms with van der Waals surface area (Å²) in [7, 11) is -2.18. The Hall–Kier alpha value is -1.44. The maximum Gasteiger partial charge on any atom is 0.241 e. The van der Waals surface area contributed by atoms with E-state index in [4.69, 9.17) is 4.74 Å². The summed E-state index contributed by atoms with van der Waals surface area (Å²) in [6.45, 7) is 5.52. The molecule has 0 aliphatic carbocycles. The number of aryl methyl sites for hydroxylation is 1. The lowest BCUT2D eigenvalue weighted by molar-refractivity contribution is -0.123. The number of ether oxygens (including phenoxy) is 1. The number of benzene rings is 1. The van der Waals surface area contributed by atoms with Crippen molar-refractivity contribution in [1.29, 1.82) is 0 Å². The van der Waals surface area contributed by atoms with Crippen LogP contribution in [0.2, 0.25) is 0 Å². The molecule has 0 heterocycles. The molecule has 2 N–H and O–H groups in total. The van der Waals surface area contributed by atoms with Gasteiger partial charge in [0.1, 0.15) is 0 Å². The minimum atomic E-state index is -3.71. The molecule has 2 atom stereocenters. The van der Waals surface area contributed by atoms with Crippen molar-refractivity contribution in [2.45, 2.75) is 37.8 Å². The van der Waals surface area contributed by atoms with Crippen LogP contribution in [0.5, 0.6) is 0 Å². The van der Waals surface area contributed by atoms with Crippen LogP contribution in [0.4, 0.5) is 0 Å². The average Bonchev–Trinajstić information content (AvgIpc) is 2.38. The molecule has 0 fully saturated rings. The highest BCUT2D eigenvalue weighted by molar-refractivity contribution is 7.89. The van der Waals surface area contributed by atoms with Gasteiger partial charge in [0.15, 0.2) is 0 Å². The van der Waals surface area contributed by atoms with Crippen LogP contribution in [0.3, 0.4) is 0 Å². The Morgan fingerprint density at radius 1 is 1.24 bits per heavy atom. The summed E-state index contributed by atoms with van der Waals surface area (Å²) in [5.74, 6) is -0.393. The Morgan fingerprint density at radius 3 is 2.33 bits per heavy atom. The van der Waals surface area contributed by atoms with Crippen LogP contribution in [0.15, 0.2) is 29.2 Å². The predicted octanol–water partition coefficient (Wildman–Crippen LogP) is 0.813. The maximum atomic E-state index is 12.2. The van der Waals surface area contributed by atoms with Crippen LogP contribution in [0.25, 0.3) is 0 Å².